The van der Waals surface area contributed by atoms with E-state index in [2.05, 4.69) is 30.4 Å². The standard InChI is InChI=1S/C20H25NO3/c1-14-11-18(14)19-9-8-17(24-19)13-21-16(7-10-20(22)23)12-15-5-3-2-4-6-15/h2-6,8-9,14,16,18,21H,7,10-13H2,1H3,(H,22,23). The van der Waals surface area contributed by atoms with Crippen molar-refractivity contribution in [3.8, 4) is 0 Å². The second-order valence-electron chi connectivity index (χ2n) is 6.82. The van der Waals surface area contributed by atoms with Crippen molar-refractivity contribution in [3.05, 3.63) is 59.5 Å². The van der Waals surface area contributed by atoms with Crippen LogP contribution in [-0.4, -0.2) is 17.1 Å². The second-order valence-corrected chi connectivity index (χ2v) is 6.82. The summed E-state index contributed by atoms with van der Waals surface area (Å²) in [5.74, 6) is 2.59. The zero-order valence-corrected chi connectivity index (χ0v) is 14.1. The fourth-order valence-electron chi connectivity index (χ4n) is 3.12. The normalized spacial score (nSPS) is 20.7. The predicted octanol–water partition coefficient (Wildman–Crippen LogP) is 3.97. The van der Waals surface area contributed by atoms with Crippen LogP contribution in [0.3, 0.4) is 0 Å². The van der Waals surface area contributed by atoms with Crippen LogP contribution in [0, 0.1) is 5.92 Å². The van der Waals surface area contributed by atoms with Crippen molar-refractivity contribution < 1.29 is 14.3 Å². The molecule has 4 nitrogen and oxygen atoms in total. The number of carbonyl (C=O) groups is 1. The molecule has 128 valence electrons. The first-order valence-electron chi connectivity index (χ1n) is 8.69. The lowest BCUT2D eigenvalue weighted by molar-refractivity contribution is -0.137. The van der Waals surface area contributed by atoms with Crippen LogP contribution in [0.2, 0.25) is 0 Å². The summed E-state index contributed by atoms with van der Waals surface area (Å²) in [7, 11) is 0. The van der Waals surface area contributed by atoms with Gasteiger partial charge in [0.15, 0.2) is 0 Å². The first-order valence-corrected chi connectivity index (χ1v) is 8.69. The van der Waals surface area contributed by atoms with Gasteiger partial charge >= 0.3 is 5.97 Å². The molecule has 3 atom stereocenters. The number of benzene rings is 1. The van der Waals surface area contributed by atoms with Gasteiger partial charge in [-0.05, 0) is 42.9 Å². The summed E-state index contributed by atoms with van der Waals surface area (Å²) < 4.78 is 5.93. The molecule has 3 rings (SSSR count). The number of hydrogen-bond donors (Lipinski definition) is 2. The maximum absolute atomic E-state index is 10.9. The molecule has 2 aromatic rings. The van der Waals surface area contributed by atoms with Gasteiger partial charge in [-0.3, -0.25) is 4.79 Å². The van der Waals surface area contributed by atoms with Gasteiger partial charge in [0.05, 0.1) is 6.54 Å². The van der Waals surface area contributed by atoms with Gasteiger partial charge in [-0.25, -0.2) is 0 Å². The van der Waals surface area contributed by atoms with Crippen molar-refractivity contribution in [1.82, 2.24) is 5.32 Å². The van der Waals surface area contributed by atoms with E-state index in [1.165, 1.54) is 12.0 Å². The van der Waals surface area contributed by atoms with Gasteiger partial charge in [-0.1, -0.05) is 37.3 Å². The van der Waals surface area contributed by atoms with E-state index in [-0.39, 0.29) is 12.5 Å². The molecule has 0 radical (unpaired) electrons. The van der Waals surface area contributed by atoms with Crippen LogP contribution >= 0.6 is 0 Å². The number of nitrogens with one attached hydrogen (secondary N) is 1. The highest BCUT2D eigenvalue weighted by Gasteiger charge is 2.36. The van der Waals surface area contributed by atoms with Crippen LogP contribution in [0.1, 0.15) is 49.2 Å². The highest BCUT2D eigenvalue weighted by molar-refractivity contribution is 5.66. The summed E-state index contributed by atoms with van der Waals surface area (Å²) in [5.41, 5.74) is 1.22. The van der Waals surface area contributed by atoms with Crippen LogP contribution in [0.15, 0.2) is 46.9 Å². The Balaban J connectivity index is 1.56. The molecule has 1 aromatic carbocycles. The molecule has 1 fully saturated rings. The largest absolute Gasteiger partial charge is 0.481 e. The monoisotopic (exact) mass is 327 g/mol. The Kier molecular flexibility index (Phi) is 5.36. The average molecular weight is 327 g/mol. The van der Waals surface area contributed by atoms with Crippen molar-refractivity contribution in [2.45, 2.75) is 51.1 Å². The van der Waals surface area contributed by atoms with Gasteiger partial charge in [0.2, 0.25) is 0 Å². The lowest BCUT2D eigenvalue weighted by Gasteiger charge is -2.17. The number of hydrogen-bond acceptors (Lipinski definition) is 3. The summed E-state index contributed by atoms with van der Waals surface area (Å²) in [5, 5.41) is 12.4. The molecule has 24 heavy (non-hydrogen) atoms. The minimum absolute atomic E-state index is 0.122. The molecule has 1 aliphatic rings. The van der Waals surface area contributed by atoms with E-state index in [0.29, 0.717) is 18.9 Å². The Bertz CT molecular complexity index is 665. The van der Waals surface area contributed by atoms with E-state index in [1.807, 2.05) is 24.3 Å². The van der Waals surface area contributed by atoms with Gasteiger partial charge < -0.3 is 14.8 Å². The Morgan fingerprint density at radius 3 is 2.71 bits per heavy atom. The summed E-state index contributed by atoms with van der Waals surface area (Å²) >= 11 is 0. The number of aliphatic carboxylic acids is 1. The van der Waals surface area contributed by atoms with E-state index in [0.717, 1.165) is 23.9 Å². The first kappa shape index (κ1) is 16.8. The van der Waals surface area contributed by atoms with Crippen molar-refractivity contribution in [3.63, 3.8) is 0 Å². The Morgan fingerprint density at radius 2 is 2.04 bits per heavy atom. The number of carboxylic acids is 1. The maximum Gasteiger partial charge on any atom is 0.303 e. The Hall–Kier alpha value is -2.07. The first-order chi connectivity index (χ1) is 11.6. The third-order valence-electron chi connectivity index (χ3n) is 4.75. The fraction of sp³-hybridized carbons (Fsp3) is 0.450. The van der Waals surface area contributed by atoms with Crippen molar-refractivity contribution >= 4 is 5.97 Å². The predicted molar refractivity (Wildman–Crippen MR) is 92.9 cm³/mol. The molecule has 0 spiro atoms. The van der Waals surface area contributed by atoms with E-state index >= 15 is 0 Å². The molecule has 3 unspecified atom stereocenters. The second kappa shape index (κ2) is 7.67. The van der Waals surface area contributed by atoms with Crippen LogP contribution < -0.4 is 5.32 Å². The third-order valence-corrected chi connectivity index (χ3v) is 4.75. The minimum atomic E-state index is -0.752. The minimum Gasteiger partial charge on any atom is -0.481 e. The molecule has 0 amide bonds. The molecule has 0 bridgehead atoms. The maximum atomic E-state index is 10.9. The van der Waals surface area contributed by atoms with Gasteiger partial charge in [0.25, 0.3) is 0 Å². The van der Waals surface area contributed by atoms with Crippen molar-refractivity contribution in [2.75, 3.05) is 0 Å². The molecular weight excluding hydrogens is 302 g/mol. The molecule has 1 heterocycles. The van der Waals surface area contributed by atoms with Gasteiger partial charge in [-0.15, -0.1) is 0 Å². The smallest absolute Gasteiger partial charge is 0.303 e. The molecule has 4 heteroatoms. The fourth-order valence-corrected chi connectivity index (χ4v) is 3.12. The summed E-state index contributed by atoms with van der Waals surface area (Å²) in [6.07, 6.45) is 2.82. The number of rotatable bonds is 9. The lowest BCUT2D eigenvalue weighted by Crippen LogP contribution is -2.31. The Morgan fingerprint density at radius 1 is 1.29 bits per heavy atom. The zero-order valence-electron chi connectivity index (χ0n) is 14.1. The number of carboxylic acid groups (broad SMARTS) is 1. The van der Waals surface area contributed by atoms with Crippen molar-refractivity contribution in [2.24, 2.45) is 5.92 Å². The molecule has 0 saturated heterocycles. The highest BCUT2D eigenvalue weighted by Crippen LogP contribution is 2.47. The van der Waals surface area contributed by atoms with E-state index < -0.39 is 5.97 Å². The van der Waals surface area contributed by atoms with E-state index in [9.17, 15) is 4.79 Å². The van der Waals surface area contributed by atoms with E-state index in [4.69, 9.17) is 9.52 Å². The van der Waals surface area contributed by atoms with Crippen LogP contribution in [0.4, 0.5) is 0 Å². The number of furan rings is 1. The van der Waals surface area contributed by atoms with Crippen molar-refractivity contribution in [1.29, 1.82) is 0 Å². The van der Waals surface area contributed by atoms with Crippen LogP contribution in [0.5, 0.6) is 0 Å². The lowest BCUT2D eigenvalue weighted by atomic mass is 10.0. The molecule has 1 saturated carbocycles. The average Bonchev–Trinajstić information content (AvgIpc) is 3.11. The van der Waals surface area contributed by atoms with Gasteiger partial charge in [0, 0.05) is 18.4 Å². The molecule has 1 aromatic heterocycles. The molecule has 1 aliphatic carbocycles. The molecule has 2 N–H and O–H groups in total. The molecule has 0 aliphatic heterocycles. The summed E-state index contributed by atoms with van der Waals surface area (Å²) in [4.78, 5) is 10.9. The SMILES string of the molecule is CC1CC1c1ccc(CNC(CCC(=O)O)Cc2ccccc2)o1. The van der Waals surface area contributed by atoms with Crippen LogP contribution in [-0.2, 0) is 17.8 Å². The summed E-state index contributed by atoms with van der Waals surface area (Å²) in [6.45, 7) is 2.88. The molecular formula is C20H25NO3. The zero-order chi connectivity index (χ0) is 16.9. The van der Waals surface area contributed by atoms with Gasteiger partial charge in [-0.2, -0.15) is 0 Å². The van der Waals surface area contributed by atoms with Crippen LogP contribution in [0.25, 0.3) is 0 Å². The summed E-state index contributed by atoms with van der Waals surface area (Å²) in [6, 6.07) is 14.4. The highest BCUT2D eigenvalue weighted by atomic mass is 16.4. The Labute approximate surface area is 142 Å². The quantitative estimate of drug-likeness (QED) is 0.731. The topological polar surface area (TPSA) is 62.5 Å². The third kappa shape index (κ3) is 4.71. The van der Waals surface area contributed by atoms with E-state index in [1.54, 1.807) is 0 Å². The van der Waals surface area contributed by atoms with Gasteiger partial charge in [0.1, 0.15) is 11.5 Å².